The van der Waals surface area contributed by atoms with Gasteiger partial charge in [0.15, 0.2) is 0 Å². The Kier molecular flexibility index (Phi) is 4.17. The number of carbonyl (C=O) groups excluding carboxylic acids is 1. The molecule has 0 saturated heterocycles. The van der Waals surface area contributed by atoms with Crippen molar-refractivity contribution in [1.82, 2.24) is 0 Å². The first-order valence-electron chi connectivity index (χ1n) is 5.00. The average Bonchev–Trinajstić information content (AvgIpc) is 2.19. The summed E-state index contributed by atoms with van der Waals surface area (Å²) in [6.45, 7) is 4.00. The predicted octanol–water partition coefficient (Wildman–Crippen LogP) is 3.03. The molecule has 0 N–H and O–H groups in total. The highest BCUT2D eigenvalue weighted by molar-refractivity contribution is 5.89. The molecule has 1 aromatic rings. The Bertz CT molecular complexity index is 280. The number of esters is 1. The fourth-order valence-corrected chi connectivity index (χ4v) is 1.29. The van der Waals surface area contributed by atoms with E-state index in [-0.39, 0.29) is 12.1 Å². The van der Waals surface area contributed by atoms with Gasteiger partial charge in [-0.15, -0.1) is 0 Å². The van der Waals surface area contributed by atoms with Crippen molar-refractivity contribution in [2.75, 3.05) is 0 Å². The Hall–Kier alpha value is -1.31. The number of carbonyl (C=O) groups is 1. The highest BCUT2D eigenvalue weighted by Gasteiger charge is 2.09. The molecule has 0 unspecified atom stereocenters. The second-order valence-electron chi connectivity index (χ2n) is 3.37. The van der Waals surface area contributed by atoms with Crippen LogP contribution in [0.15, 0.2) is 30.3 Å². The number of hydrogen-bond donors (Lipinski definition) is 0. The normalized spacial score (nSPS) is 12.1. The van der Waals surface area contributed by atoms with Gasteiger partial charge in [-0.2, -0.15) is 0 Å². The molecular formula is C12H16O2. The monoisotopic (exact) mass is 192 g/mol. The van der Waals surface area contributed by atoms with Crippen molar-refractivity contribution < 1.29 is 9.53 Å². The molecule has 0 radical (unpaired) electrons. The minimum absolute atomic E-state index is 0.00714. The molecular weight excluding hydrogens is 176 g/mol. The van der Waals surface area contributed by atoms with Gasteiger partial charge in [-0.3, -0.25) is 0 Å². The van der Waals surface area contributed by atoms with E-state index in [1.54, 1.807) is 12.1 Å². The third-order valence-electron chi connectivity index (χ3n) is 2.01. The summed E-state index contributed by atoms with van der Waals surface area (Å²) in [6, 6.07) is 9.08. The molecule has 1 rings (SSSR count). The van der Waals surface area contributed by atoms with Crippen LogP contribution >= 0.6 is 0 Å². The number of hydrogen-bond acceptors (Lipinski definition) is 2. The molecule has 0 aliphatic heterocycles. The summed E-state index contributed by atoms with van der Waals surface area (Å²) in [5, 5.41) is 0. The van der Waals surface area contributed by atoms with E-state index in [1.807, 2.05) is 25.1 Å². The fraction of sp³-hybridized carbons (Fsp3) is 0.417. The first kappa shape index (κ1) is 10.8. The van der Waals surface area contributed by atoms with Gasteiger partial charge < -0.3 is 4.74 Å². The van der Waals surface area contributed by atoms with Gasteiger partial charge in [0.25, 0.3) is 0 Å². The van der Waals surface area contributed by atoms with Gasteiger partial charge in [0.05, 0.1) is 11.7 Å². The molecule has 0 saturated carbocycles. The molecule has 0 spiro atoms. The van der Waals surface area contributed by atoms with E-state index in [4.69, 9.17) is 4.74 Å². The molecule has 0 aromatic heterocycles. The SMILES string of the molecule is CCC[C@@H](C)OC(=O)c1ccccc1. The van der Waals surface area contributed by atoms with E-state index >= 15 is 0 Å². The van der Waals surface area contributed by atoms with E-state index in [0.29, 0.717) is 5.56 Å². The molecule has 0 aliphatic carbocycles. The van der Waals surface area contributed by atoms with Gasteiger partial charge in [0, 0.05) is 0 Å². The summed E-state index contributed by atoms with van der Waals surface area (Å²) in [7, 11) is 0. The Morgan fingerprint density at radius 2 is 2.00 bits per heavy atom. The molecule has 14 heavy (non-hydrogen) atoms. The zero-order chi connectivity index (χ0) is 10.4. The average molecular weight is 192 g/mol. The lowest BCUT2D eigenvalue weighted by atomic mass is 10.2. The summed E-state index contributed by atoms with van der Waals surface area (Å²) in [5.74, 6) is -0.230. The minimum atomic E-state index is -0.230. The smallest absolute Gasteiger partial charge is 0.338 e. The van der Waals surface area contributed by atoms with Crippen LogP contribution in [0.3, 0.4) is 0 Å². The summed E-state index contributed by atoms with van der Waals surface area (Å²) < 4.78 is 5.24. The fourth-order valence-electron chi connectivity index (χ4n) is 1.29. The largest absolute Gasteiger partial charge is 0.459 e. The lowest BCUT2D eigenvalue weighted by molar-refractivity contribution is 0.0323. The minimum Gasteiger partial charge on any atom is -0.459 e. The van der Waals surface area contributed by atoms with E-state index in [2.05, 4.69) is 6.92 Å². The Labute approximate surface area is 84.9 Å². The number of ether oxygens (including phenoxy) is 1. The standard InChI is InChI=1S/C12H16O2/c1-3-7-10(2)14-12(13)11-8-5-4-6-9-11/h4-6,8-10H,3,7H2,1-2H3/t10-/m1/s1. The van der Waals surface area contributed by atoms with Crippen molar-refractivity contribution in [3.05, 3.63) is 35.9 Å². The lowest BCUT2D eigenvalue weighted by Crippen LogP contribution is -2.14. The van der Waals surface area contributed by atoms with Gasteiger partial charge >= 0.3 is 5.97 Å². The lowest BCUT2D eigenvalue weighted by Gasteiger charge is -2.11. The molecule has 0 heterocycles. The zero-order valence-corrected chi connectivity index (χ0v) is 8.69. The van der Waals surface area contributed by atoms with Gasteiger partial charge in [-0.25, -0.2) is 4.79 Å². The van der Waals surface area contributed by atoms with Crippen LogP contribution in [0.25, 0.3) is 0 Å². The maximum Gasteiger partial charge on any atom is 0.338 e. The zero-order valence-electron chi connectivity index (χ0n) is 8.69. The molecule has 0 aliphatic rings. The molecule has 2 nitrogen and oxygen atoms in total. The van der Waals surface area contributed by atoms with Crippen molar-refractivity contribution in [2.45, 2.75) is 32.8 Å². The molecule has 0 amide bonds. The van der Waals surface area contributed by atoms with Crippen LogP contribution in [0.2, 0.25) is 0 Å². The van der Waals surface area contributed by atoms with Gasteiger partial charge in [-0.1, -0.05) is 31.5 Å². The van der Waals surface area contributed by atoms with Crippen molar-refractivity contribution in [3.63, 3.8) is 0 Å². The topological polar surface area (TPSA) is 26.3 Å². The summed E-state index contributed by atoms with van der Waals surface area (Å²) in [6.07, 6.45) is 1.95. The summed E-state index contributed by atoms with van der Waals surface area (Å²) >= 11 is 0. The summed E-state index contributed by atoms with van der Waals surface area (Å²) in [4.78, 5) is 11.5. The highest BCUT2D eigenvalue weighted by Crippen LogP contribution is 2.06. The van der Waals surface area contributed by atoms with Crippen LogP contribution in [0.1, 0.15) is 37.0 Å². The van der Waals surface area contributed by atoms with E-state index in [0.717, 1.165) is 12.8 Å². The van der Waals surface area contributed by atoms with Gasteiger partial charge in [-0.05, 0) is 25.5 Å². The van der Waals surface area contributed by atoms with E-state index < -0.39 is 0 Å². The first-order valence-corrected chi connectivity index (χ1v) is 5.00. The van der Waals surface area contributed by atoms with Crippen molar-refractivity contribution >= 4 is 5.97 Å². The van der Waals surface area contributed by atoms with Crippen LogP contribution in [-0.4, -0.2) is 12.1 Å². The quantitative estimate of drug-likeness (QED) is 0.685. The van der Waals surface area contributed by atoms with E-state index in [1.165, 1.54) is 0 Å². The molecule has 2 heteroatoms. The maximum absolute atomic E-state index is 11.5. The second kappa shape index (κ2) is 5.43. The molecule has 1 atom stereocenters. The highest BCUT2D eigenvalue weighted by atomic mass is 16.5. The van der Waals surface area contributed by atoms with Crippen LogP contribution in [0.4, 0.5) is 0 Å². The van der Waals surface area contributed by atoms with Crippen molar-refractivity contribution in [2.24, 2.45) is 0 Å². The third kappa shape index (κ3) is 3.21. The van der Waals surface area contributed by atoms with Crippen molar-refractivity contribution in [1.29, 1.82) is 0 Å². The van der Waals surface area contributed by atoms with Gasteiger partial charge in [0.1, 0.15) is 0 Å². The summed E-state index contributed by atoms with van der Waals surface area (Å²) in [5.41, 5.74) is 0.621. The Morgan fingerprint density at radius 1 is 1.36 bits per heavy atom. The molecule has 76 valence electrons. The second-order valence-corrected chi connectivity index (χ2v) is 3.37. The number of rotatable bonds is 4. The Morgan fingerprint density at radius 3 is 2.57 bits per heavy atom. The number of benzene rings is 1. The first-order chi connectivity index (χ1) is 6.74. The molecule has 0 bridgehead atoms. The van der Waals surface area contributed by atoms with E-state index in [9.17, 15) is 4.79 Å². The molecule has 0 fully saturated rings. The van der Waals surface area contributed by atoms with Gasteiger partial charge in [0.2, 0.25) is 0 Å². The maximum atomic E-state index is 11.5. The molecule has 1 aromatic carbocycles. The predicted molar refractivity (Wildman–Crippen MR) is 56.2 cm³/mol. The third-order valence-corrected chi connectivity index (χ3v) is 2.01. The van der Waals surface area contributed by atoms with Crippen molar-refractivity contribution in [3.8, 4) is 0 Å². The van der Waals surface area contributed by atoms with Crippen LogP contribution in [0, 0.1) is 0 Å². The van der Waals surface area contributed by atoms with Crippen LogP contribution in [-0.2, 0) is 4.74 Å². The van der Waals surface area contributed by atoms with Crippen LogP contribution in [0.5, 0.6) is 0 Å². The Balaban J connectivity index is 2.51. The van der Waals surface area contributed by atoms with Crippen LogP contribution < -0.4 is 0 Å².